The summed E-state index contributed by atoms with van der Waals surface area (Å²) in [7, 11) is 0. The molecule has 2 rings (SSSR count). The number of amides is 1. The van der Waals surface area contributed by atoms with Gasteiger partial charge in [-0.25, -0.2) is 9.78 Å². The van der Waals surface area contributed by atoms with Crippen LogP contribution in [0.5, 0.6) is 0 Å². The third kappa shape index (κ3) is 4.29. The van der Waals surface area contributed by atoms with Crippen molar-refractivity contribution in [3.63, 3.8) is 0 Å². The van der Waals surface area contributed by atoms with Crippen LogP contribution in [0.4, 0.5) is 0 Å². The SMILES string of the molecule is Cc1nc(CCCC(=O)NC2(C(=O)O)CCC(C)CC2)cs1. The van der Waals surface area contributed by atoms with Gasteiger partial charge in [0.1, 0.15) is 5.54 Å². The molecule has 1 amide bonds. The summed E-state index contributed by atoms with van der Waals surface area (Å²) in [4.78, 5) is 28.1. The number of aliphatic carboxylic acids is 1. The van der Waals surface area contributed by atoms with Crippen LogP contribution in [0.25, 0.3) is 0 Å². The fraction of sp³-hybridized carbons (Fsp3) is 0.688. The van der Waals surface area contributed by atoms with Crippen molar-refractivity contribution in [1.82, 2.24) is 10.3 Å². The lowest BCUT2D eigenvalue weighted by Gasteiger charge is -2.36. The number of nitrogens with one attached hydrogen (secondary N) is 1. The molecule has 0 saturated heterocycles. The molecule has 0 aliphatic heterocycles. The van der Waals surface area contributed by atoms with E-state index in [1.165, 1.54) is 0 Å². The first-order valence-electron chi connectivity index (χ1n) is 7.87. The minimum absolute atomic E-state index is 0.163. The second-order valence-corrected chi connectivity index (χ2v) is 7.39. The van der Waals surface area contributed by atoms with Gasteiger partial charge in [0.25, 0.3) is 0 Å². The molecule has 1 aliphatic rings. The number of carbonyl (C=O) groups is 2. The third-order valence-electron chi connectivity index (χ3n) is 4.42. The Morgan fingerprint density at radius 1 is 1.45 bits per heavy atom. The number of thiazole rings is 1. The van der Waals surface area contributed by atoms with Crippen molar-refractivity contribution < 1.29 is 14.7 Å². The average Bonchev–Trinajstić information content (AvgIpc) is 2.87. The fourth-order valence-corrected chi connectivity index (χ4v) is 3.58. The van der Waals surface area contributed by atoms with Gasteiger partial charge in [-0.2, -0.15) is 0 Å². The zero-order valence-electron chi connectivity index (χ0n) is 13.2. The number of carboxylic acids is 1. The first-order valence-corrected chi connectivity index (χ1v) is 8.75. The van der Waals surface area contributed by atoms with E-state index in [1.807, 2.05) is 12.3 Å². The number of aryl methyl sites for hydroxylation is 2. The Labute approximate surface area is 135 Å². The maximum absolute atomic E-state index is 12.1. The Kier molecular flexibility index (Phi) is 5.56. The normalized spacial score (nSPS) is 24.9. The second-order valence-electron chi connectivity index (χ2n) is 6.33. The quantitative estimate of drug-likeness (QED) is 0.843. The molecular formula is C16H24N2O3S. The maximum atomic E-state index is 12.1. The van der Waals surface area contributed by atoms with E-state index >= 15 is 0 Å². The summed E-state index contributed by atoms with van der Waals surface area (Å²) in [5.74, 6) is -0.524. The number of aromatic nitrogens is 1. The van der Waals surface area contributed by atoms with Crippen LogP contribution in [-0.2, 0) is 16.0 Å². The third-order valence-corrected chi connectivity index (χ3v) is 5.24. The van der Waals surface area contributed by atoms with Crippen LogP contribution < -0.4 is 5.32 Å². The number of hydrogen-bond acceptors (Lipinski definition) is 4. The first-order chi connectivity index (χ1) is 10.4. The molecule has 2 N–H and O–H groups in total. The highest BCUT2D eigenvalue weighted by Crippen LogP contribution is 2.32. The van der Waals surface area contributed by atoms with Crippen LogP contribution in [0.2, 0.25) is 0 Å². The Morgan fingerprint density at radius 3 is 2.68 bits per heavy atom. The Morgan fingerprint density at radius 2 is 2.14 bits per heavy atom. The van der Waals surface area contributed by atoms with Gasteiger partial charge >= 0.3 is 5.97 Å². The van der Waals surface area contributed by atoms with Crippen LogP contribution in [0.15, 0.2) is 5.38 Å². The van der Waals surface area contributed by atoms with Crippen LogP contribution in [0.3, 0.4) is 0 Å². The largest absolute Gasteiger partial charge is 0.480 e. The van der Waals surface area contributed by atoms with Gasteiger partial charge in [0.05, 0.1) is 10.7 Å². The van der Waals surface area contributed by atoms with Crippen LogP contribution in [-0.4, -0.2) is 27.5 Å². The van der Waals surface area contributed by atoms with Crippen molar-refractivity contribution in [3.8, 4) is 0 Å². The number of carboxylic acid groups (broad SMARTS) is 1. The molecule has 1 saturated carbocycles. The van der Waals surface area contributed by atoms with Gasteiger partial charge in [-0.3, -0.25) is 4.79 Å². The molecule has 0 atom stereocenters. The lowest BCUT2D eigenvalue weighted by Crippen LogP contribution is -2.56. The molecule has 22 heavy (non-hydrogen) atoms. The molecular weight excluding hydrogens is 300 g/mol. The van der Waals surface area contributed by atoms with Crippen LogP contribution in [0, 0.1) is 12.8 Å². The molecule has 0 bridgehead atoms. The minimum atomic E-state index is -1.05. The van der Waals surface area contributed by atoms with Gasteiger partial charge in [0.2, 0.25) is 5.91 Å². The van der Waals surface area contributed by atoms with Gasteiger partial charge in [-0.05, 0) is 51.4 Å². The van der Waals surface area contributed by atoms with Crippen molar-refractivity contribution in [2.75, 3.05) is 0 Å². The van der Waals surface area contributed by atoms with E-state index in [4.69, 9.17) is 0 Å². The minimum Gasteiger partial charge on any atom is -0.480 e. The number of nitrogens with zero attached hydrogens (tertiary/aromatic N) is 1. The molecule has 0 aromatic carbocycles. The highest BCUT2D eigenvalue weighted by molar-refractivity contribution is 7.09. The van der Waals surface area contributed by atoms with Crippen molar-refractivity contribution >= 4 is 23.2 Å². The van der Waals surface area contributed by atoms with Gasteiger partial charge < -0.3 is 10.4 Å². The Hall–Kier alpha value is -1.43. The number of carbonyl (C=O) groups excluding carboxylic acids is 1. The summed E-state index contributed by atoms with van der Waals surface area (Å²) in [5, 5.41) is 15.3. The Bertz CT molecular complexity index is 533. The van der Waals surface area contributed by atoms with Gasteiger partial charge in [-0.15, -0.1) is 11.3 Å². The smallest absolute Gasteiger partial charge is 0.329 e. The molecule has 0 radical (unpaired) electrons. The summed E-state index contributed by atoms with van der Waals surface area (Å²) in [5.41, 5.74) is -0.0457. The molecule has 6 heteroatoms. The lowest BCUT2D eigenvalue weighted by molar-refractivity contribution is -0.149. The lowest BCUT2D eigenvalue weighted by atomic mass is 9.77. The predicted octanol–water partition coefficient (Wildman–Crippen LogP) is 2.92. The summed E-state index contributed by atoms with van der Waals surface area (Å²) in [6.45, 7) is 4.09. The highest BCUT2D eigenvalue weighted by atomic mass is 32.1. The van der Waals surface area contributed by atoms with E-state index in [0.717, 1.165) is 30.0 Å². The van der Waals surface area contributed by atoms with Gasteiger partial charge in [0.15, 0.2) is 0 Å². The Balaban J connectivity index is 1.82. The summed E-state index contributed by atoms with van der Waals surface area (Å²) in [6, 6.07) is 0. The second kappa shape index (κ2) is 7.22. The van der Waals surface area contributed by atoms with Gasteiger partial charge in [0, 0.05) is 11.8 Å². The van der Waals surface area contributed by atoms with E-state index in [2.05, 4.69) is 17.2 Å². The number of hydrogen-bond donors (Lipinski definition) is 2. The first kappa shape index (κ1) is 16.9. The fourth-order valence-electron chi connectivity index (χ4n) is 2.93. The van der Waals surface area contributed by atoms with E-state index in [1.54, 1.807) is 11.3 Å². The topological polar surface area (TPSA) is 79.3 Å². The molecule has 1 fully saturated rings. The van der Waals surface area contributed by atoms with E-state index in [0.29, 0.717) is 31.6 Å². The number of rotatable bonds is 6. The van der Waals surface area contributed by atoms with E-state index in [9.17, 15) is 14.7 Å². The van der Waals surface area contributed by atoms with Crippen molar-refractivity contribution in [2.24, 2.45) is 5.92 Å². The highest BCUT2D eigenvalue weighted by Gasteiger charge is 2.42. The zero-order chi connectivity index (χ0) is 16.2. The monoisotopic (exact) mass is 324 g/mol. The average molecular weight is 324 g/mol. The molecule has 5 nitrogen and oxygen atoms in total. The van der Waals surface area contributed by atoms with Gasteiger partial charge in [-0.1, -0.05) is 6.92 Å². The standard InChI is InChI=1S/C16H24N2O3S/c1-11-6-8-16(9-7-11,15(20)21)18-14(19)5-3-4-13-10-22-12(2)17-13/h10-11H,3-9H2,1-2H3,(H,18,19)(H,20,21). The van der Waals surface area contributed by atoms with Crippen molar-refractivity contribution in [3.05, 3.63) is 16.1 Å². The summed E-state index contributed by atoms with van der Waals surface area (Å²) >= 11 is 1.61. The zero-order valence-corrected chi connectivity index (χ0v) is 14.0. The molecule has 0 spiro atoms. The van der Waals surface area contributed by atoms with Crippen LogP contribution >= 0.6 is 11.3 Å². The molecule has 1 heterocycles. The predicted molar refractivity (Wildman–Crippen MR) is 85.9 cm³/mol. The molecule has 1 aromatic heterocycles. The maximum Gasteiger partial charge on any atom is 0.329 e. The van der Waals surface area contributed by atoms with Crippen molar-refractivity contribution in [2.45, 2.75) is 64.3 Å². The molecule has 0 unspecified atom stereocenters. The summed E-state index contributed by atoms with van der Waals surface area (Å²) in [6.07, 6.45) is 4.56. The van der Waals surface area contributed by atoms with Crippen LogP contribution in [0.1, 0.15) is 56.2 Å². The van der Waals surface area contributed by atoms with Crippen molar-refractivity contribution in [1.29, 1.82) is 0 Å². The van der Waals surface area contributed by atoms with E-state index in [-0.39, 0.29) is 5.91 Å². The summed E-state index contributed by atoms with van der Waals surface area (Å²) < 4.78 is 0. The van der Waals surface area contributed by atoms with E-state index < -0.39 is 11.5 Å². The molecule has 122 valence electrons. The molecule has 1 aromatic rings. The molecule has 1 aliphatic carbocycles.